The molecule has 0 fully saturated rings. The van der Waals surface area contributed by atoms with Gasteiger partial charge in [-0.25, -0.2) is 0 Å². The minimum atomic E-state index is -4.12. The van der Waals surface area contributed by atoms with Crippen LogP contribution in [-0.4, -0.2) is 19.2 Å². The highest BCUT2D eigenvalue weighted by atomic mass is 35.5. The summed E-state index contributed by atoms with van der Waals surface area (Å²) in [6.07, 6.45) is 1.54. The second-order valence-corrected chi connectivity index (χ2v) is 10.1. The molecule has 180 valence electrons. The summed E-state index contributed by atoms with van der Waals surface area (Å²) >= 11 is 12.3. The van der Waals surface area contributed by atoms with E-state index in [1.54, 1.807) is 78.8 Å². The normalized spacial score (nSPS) is 11.3. The van der Waals surface area contributed by atoms with Crippen LogP contribution in [0.15, 0.2) is 94.4 Å². The maximum absolute atomic E-state index is 13.3. The van der Waals surface area contributed by atoms with Gasteiger partial charge in [-0.1, -0.05) is 59.6 Å². The number of hydrogen-bond donors (Lipinski definition) is 0. The summed E-state index contributed by atoms with van der Waals surface area (Å²) in [5, 5.41) is 0.444. The zero-order valence-corrected chi connectivity index (χ0v) is 21.0. The minimum Gasteiger partial charge on any atom is -0.467 e. The summed E-state index contributed by atoms with van der Waals surface area (Å²) in [7, 11) is -4.12. The van der Waals surface area contributed by atoms with Crippen LogP contribution in [0.5, 0.6) is 5.75 Å². The van der Waals surface area contributed by atoms with Gasteiger partial charge in [0.05, 0.1) is 28.4 Å². The molecule has 35 heavy (non-hydrogen) atoms. The van der Waals surface area contributed by atoms with Gasteiger partial charge in [0.15, 0.2) is 0 Å². The predicted octanol–water partition coefficient (Wildman–Crippen LogP) is 6.51. The maximum atomic E-state index is 13.3. The number of rotatable bonds is 8. The molecule has 0 saturated carbocycles. The van der Waals surface area contributed by atoms with Gasteiger partial charge < -0.3 is 13.5 Å². The Balaban J connectivity index is 1.55. The molecule has 0 saturated heterocycles. The molecule has 1 heterocycles. The van der Waals surface area contributed by atoms with Crippen molar-refractivity contribution in [1.29, 1.82) is 0 Å². The van der Waals surface area contributed by atoms with Crippen molar-refractivity contribution in [2.75, 3.05) is 0 Å². The fourth-order valence-corrected chi connectivity index (χ4v) is 5.51. The number of halogens is 2. The van der Waals surface area contributed by atoms with Crippen molar-refractivity contribution in [2.45, 2.75) is 24.9 Å². The number of hydrogen-bond acceptors (Lipinski definition) is 5. The molecule has 9 heteroatoms. The Morgan fingerprint density at radius 1 is 0.886 bits per heavy atom. The summed E-state index contributed by atoms with van der Waals surface area (Å²) < 4.78 is 36.3. The molecule has 0 atom stereocenters. The average molecular weight is 530 g/mol. The highest BCUT2D eigenvalue weighted by Gasteiger charge is 2.23. The summed E-state index contributed by atoms with van der Waals surface area (Å²) in [5.41, 5.74) is 1.62. The molecule has 1 amide bonds. The van der Waals surface area contributed by atoms with Crippen LogP contribution in [-0.2, 0) is 23.2 Å². The van der Waals surface area contributed by atoms with Gasteiger partial charge in [-0.05, 0) is 60.5 Å². The molecule has 3 aromatic carbocycles. The largest absolute Gasteiger partial charge is 0.467 e. The number of benzene rings is 3. The van der Waals surface area contributed by atoms with Crippen molar-refractivity contribution in [3.63, 3.8) is 0 Å². The van der Waals surface area contributed by atoms with Gasteiger partial charge in [-0.3, -0.25) is 4.79 Å². The van der Waals surface area contributed by atoms with E-state index in [1.807, 2.05) is 0 Å². The van der Waals surface area contributed by atoms with Crippen molar-refractivity contribution in [2.24, 2.45) is 0 Å². The van der Waals surface area contributed by atoms with Gasteiger partial charge in [0.2, 0.25) is 0 Å². The molecule has 0 unspecified atom stereocenters. The van der Waals surface area contributed by atoms with Crippen LogP contribution in [0.25, 0.3) is 0 Å². The highest BCUT2D eigenvalue weighted by Crippen LogP contribution is 2.28. The van der Waals surface area contributed by atoms with Gasteiger partial charge in [0.25, 0.3) is 5.91 Å². The van der Waals surface area contributed by atoms with E-state index in [0.29, 0.717) is 21.9 Å². The lowest BCUT2D eigenvalue weighted by Gasteiger charge is -2.22. The first-order valence-electron chi connectivity index (χ1n) is 10.6. The molecule has 4 rings (SSSR count). The topological polar surface area (TPSA) is 76.8 Å². The molecule has 6 nitrogen and oxygen atoms in total. The Morgan fingerprint density at radius 3 is 2.26 bits per heavy atom. The van der Waals surface area contributed by atoms with E-state index in [0.717, 1.165) is 5.56 Å². The maximum Gasteiger partial charge on any atom is 0.340 e. The van der Waals surface area contributed by atoms with Crippen LogP contribution in [0.4, 0.5) is 0 Å². The first-order valence-corrected chi connectivity index (χ1v) is 12.8. The second kappa shape index (κ2) is 10.6. The molecule has 4 aromatic rings. The molecule has 0 spiro atoms. The third kappa shape index (κ3) is 5.88. The Kier molecular flexibility index (Phi) is 7.50. The number of carbonyl (C=O) groups excluding carboxylic acids is 1. The Morgan fingerprint density at radius 2 is 1.60 bits per heavy atom. The molecular formula is C26H21Cl2NO5S. The third-order valence-electron chi connectivity index (χ3n) is 5.23. The van der Waals surface area contributed by atoms with Gasteiger partial charge in [-0.15, -0.1) is 0 Å². The van der Waals surface area contributed by atoms with Crippen molar-refractivity contribution >= 4 is 39.2 Å². The number of furan rings is 1. The van der Waals surface area contributed by atoms with E-state index in [-0.39, 0.29) is 34.7 Å². The van der Waals surface area contributed by atoms with Crippen LogP contribution in [0.3, 0.4) is 0 Å². The fraction of sp³-hybridized carbons (Fsp3) is 0.115. The quantitative estimate of drug-likeness (QED) is 0.243. The van der Waals surface area contributed by atoms with E-state index in [1.165, 1.54) is 18.2 Å². The van der Waals surface area contributed by atoms with Crippen molar-refractivity contribution in [3.8, 4) is 5.75 Å². The molecule has 0 bridgehead atoms. The van der Waals surface area contributed by atoms with Gasteiger partial charge >= 0.3 is 10.1 Å². The Bertz CT molecular complexity index is 1410. The van der Waals surface area contributed by atoms with Crippen molar-refractivity contribution < 1.29 is 21.8 Å². The van der Waals surface area contributed by atoms with Crippen molar-refractivity contribution in [3.05, 3.63) is 118 Å². The monoisotopic (exact) mass is 529 g/mol. The summed E-state index contributed by atoms with van der Waals surface area (Å²) in [6.45, 7) is 2.12. The molecular weight excluding hydrogens is 509 g/mol. The van der Waals surface area contributed by atoms with Crippen LogP contribution in [0.1, 0.15) is 27.2 Å². The van der Waals surface area contributed by atoms with Crippen LogP contribution < -0.4 is 4.18 Å². The number of nitrogens with zero attached hydrogens (tertiary/aromatic N) is 1. The van der Waals surface area contributed by atoms with Gasteiger partial charge in [0, 0.05) is 6.54 Å². The second-order valence-electron chi connectivity index (χ2n) is 7.79. The first kappa shape index (κ1) is 24.9. The SMILES string of the molecule is Cc1cccc(Cl)c1S(=O)(=O)Oc1ccc(CN(Cc2ccco2)C(=O)c2ccccc2Cl)cc1. The summed E-state index contributed by atoms with van der Waals surface area (Å²) in [6, 6.07) is 21.6. The third-order valence-corrected chi connectivity index (χ3v) is 7.45. The van der Waals surface area contributed by atoms with Crippen LogP contribution >= 0.6 is 23.2 Å². The van der Waals surface area contributed by atoms with Gasteiger partial charge in [-0.2, -0.15) is 8.42 Å². The van der Waals surface area contributed by atoms with Crippen LogP contribution in [0, 0.1) is 6.92 Å². The number of carbonyl (C=O) groups is 1. The molecule has 0 aliphatic carbocycles. The fourth-order valence-electron chi connectivity index (χ4n) is 3.57. The van der Waals surface area contributed by atoms with Crippen LogP contribution in [0.2, 0.25) is 10.0 Å². The highest BCUT2D eigenvalue weighted by molar-refractivity contribution is 7.87. The van der Waals surface area contributed by atoms with E-state index in [2.05, 4.69) is 0 Å². The number of aryl methyl sites for hydroxylation is 1. The first-order chi connectivity index (χ1) is 16.7. The molecule has 0 aliphatic rings. The molecule has 1 aromatic heterocycles. The molecule has 0 radical (unpaired) electrons. The van der Waals surface area contributed by atoms with Crippen molar-refractivity contribution in [1.82, 2.24) is 4.90 Å². The molecule has 0 aliphatic heterocycles. The zero-order chi connectivity index (χ0) is 25.0. The van der Waals surface area contributed by atoms with E-state index < -0.39 is 10.1 Å². The summed E-state index contributed by atoms with van der Waals surface area (Å²) in [4.78, 5) is 14.8. The summed E-state index contributed by atoms with van der Waals surface area (Å²) in [5.74, 6) is 0.485. The molecule has 0 N–H and O–H groups in total. The van der Waals surface area contributed by atoms with E-state index >= 15 is 0 Å². The average Bonchev–Trinajstić information content (AvgIpc) is 3.32. The van der Waals surface area contributed by atoms with E-state index in [9.17, 15) is 13.2 Å². The zero-order valence-electron chi connectivity index (χ0n) is 18.6. The minimum absolute atomic E-state index is 0.0688. The lowest BCUT2D eigenvalue weighted by atomic mass is 10.1. The lowest BCUT2D eigenvalue weighted by Crippen LogP contribution is -2.30. The standard InChI is InChI=1S/C26H21Cl2NO5S/c1-18-6-4-10-24(28)25(18)35(31,32)34-20-13-11-19(12-14-20)16-29(17-21-7-5-15-33-21)26(30)22-8-2-3-9-23(22)27/h2-15H,16-17H2,1H3. The Labute approximate surface area is 213 Å². The smallest absolute Gasteiger partial charge is 0.340 e. The Hall–Kier alpha value is -3.26. The predicted molar refractivity (Wildman–Crippen MR) is 134 cm³/mol. The van der Waals surface area contributed by atoms with E-state index in [4.69, 9.17) is 31.8 Å². The lowest BCUT2D eigenvalue weighted by molar-refractivity contribution is 0.0718. The number of amides is 1. The van der Waals surface area contributed by atoms with Gasteiger partial charge in [0.1, 0.15) is 16.4 Å².